The van der Waals surface area contributed by atoms with Crippen molar-refractivity contribution in [1.29, 1.82) is 0 Å². The maximum Gasteiger partial charge on any atom is 0.0799 e. The highest BCUT2D eigenvalue weighted by molar-refractivity contribution is 6.86. The van der Waals surface area contributed by atoms with Crippen molar-refractivity contribution >= 4 is 8.07 Å². The molecule has 15 heavy (non-hydrogen) atoms. The molecule has 0 aliphatic carbocycles. The molecule has 0 spiro atoms. The minimum atomic E-state index is -1.29. The first-order valence-electron chi connectivity index (χ1n) is 6.03. The molecule has 90 valence electrons. The lowest BCUT2D eigenvalue weighted by Gasteiger charge is -2.31. The second-order valence-corrected chi connectivity index (χ2v) is 9.71. The smallest absolute Gasteiger partial charge is 0.0799 e. The van der Waals surface area contributed by atoms with E-state index in [1.807, 2.05) is 0 Å². The fraction of sp³-hybridized carbons (Fsp3) is 0.833. The summed E-state index contributed by atoms with van der Waals surface area (Å²) in [6, 6.07) is 3.73. The van der Waals surface area contributed by atoms with Crippen LogP contribution in [0.2, 0.25) is 18.1 Å². The Balaban J connectivity index is 4.27. The molecule has 0 rings (SSSR count). The van der Waals surface area contributed by atoms with Crippen molar-refractivity contribution in [2.45, 2.75) is 57.8 Å². The molecule has 0 fully saturated rings. The Morgan fingerprint density at radius 2 is 1.67 bits per heavy atom. The quantitative estimate of drug-likeness (QED) is 0.630. The van der Waals surface area contributed by atoms with Crippen molar-refractivity contribution in [2.24, 2.45) is 0 Å². The molecule has 3 heteroatoms. The zero-order chi connectivity index (χ0) is 11.9. The van der Waals surface area contributed by atoms with E-state index < -0.39 is 14.2 Å². The van der Waals surface area contributed by atoms with Gasteiger partial charge in [0.05, 0.1) is 20.8 Å². The van der Waals surface area contributed by atoms with Crippen LogP contribution in [0.25, 0.3) is 0 Å². The van der Waals surface area contributed by atoms with Gasteiger partial charge in [-0.25, -0.2) is 0 Å². The van der Waals surface area contributed by atoms with E-state index in [2.05, 4.69) is 27.4 Å². The molecule has 0 heterocycles. The van der Waals surface area contributed by atoms with Gasteiger partial charge in [-0.05, 0) is 12.8 Å². The molecule has 1 atom stereocenters. The van der Waals surface area contributed by atoms with Gasteiger partial charge in [-0.3, -0.25) is 0 Å². The Kier molecular flexibility index (Phi) is 7.14. The van der Waals surface area contributed by atoms with E-state index >= 15 is 0 Å². The molecule has 0 aromatic carbocycles. The summed E-state index contributed by atoms with van der Waals surface area (Å²) in [6.45, 7) is 10.9. The Bertz CT molecular complexity index is 180. The summed E-state index contributed by atoms with van der Waals surface area (Å²) in [5.74, 6) is 0. The molecule has 0 amide bonds. The lowest BCUT2D eigenvalue weighted by atomic mass is 10.2. The molecule has 0 bridgehead atoms. The van der Waals surface area contributed by atoms with E-state index in [4.69, 9.17) is 5.11 Å². The average molecular weight is 230 g/mol. The zero-order valence-electron chi connectivity index (χ0n) is 10.4. The molecular weight excluding hydrogens is 204 g/mol. The van der Waals surface area contributed by atoms with Crippen molar-refractivity contribution in [3.8, 4) is 0 Å². The normalized spacial score (nSPS) is 13.9. The Morgan fingerprint density at radius 3 is 2.00 bits per heavy atom. The molecule has 0 aromatic heterocycles. The molecule has 1 unspecified atom stereocenters. The fourth-order valence-corrected chi connectivity index (χ4v) is 5.87. The molecule has 0 aromatic rings. The molecule has 0 saturated carbocycles. The van der Waals surface area contributed by atoms with Crippen LogP contribution < -0.4 is 0 Å². The number of aliphatic hydroxyl groups excluding tert-OH is 2. The predicted octanol–water partition coefficient (Wildman–Crippen LogP) is 2.72. The molecule has 0 radical (unpaired) electrons. The monoisotopic (exact) mass is 230 g/mol. The highest BCUT2D eigenvalue weighted by Crippen LogP contribution is 2.30. The van der Waals surface area contributed by atoms with E-state index in [0.29, 0.717) is 6.42 Å². The van der Waals surface area contributed by atoms with Crippen LogP contribution >= 0.6 is 0 Å². The van der Waals surface area contributed by atoms with Gasteiger partial charge < -0.3 is 10.2 Å². The van der Waals surface area contributed by atoms with Gasteiger partial charge in [0, 0.05) is 0 Å². The third-order valence-electron chi connectivity index (χ3n) is 3.77. The van der Waals surface area contributed by atoms with Gasteiger partial charge in [-0.2, -0.15) is 0 Å². The summed E-state index contributed by atoms with van der Waals surface area (Å²) in [6.07, 6.45) is 0.965. The second-order valence-electron chi connectivity index (χ2n) is 4.32. The Morgan fingerprint density at radius 1 is 1.20 bits per heavy atom. The van der Waals surface area contributed by atoms with E-state index in [1.54, 1.807) is 0 Å². The maximum atomic E-state index is 9.31. The summed E-state index contributed by atoms with van der Waals surface area (Å²) in [4.78, 5) is 0. The standard InChI is InChI=1S/C12H26O2Si/c1-5-15(6-2,7-3)11(4)8-9-12(14)10-13/h12-14H,4-10H2,1-3H3. The molecule has 0 aliphatic heterocycles. The fourth-order valence-electron chi connectivity index (χ4n) is 2.20. The summed E-state index contributed by atoms with van der Waals surface area (Å²) in [7, 11) is -1.29. The van der Waals surface area contributed by atoms with Crippen molar-refractivity contribution in [1.82, 2.24) is 0 Å². The zero-order valence-corrected chi connectivity index (χ0v) is 11.4. The molecule has 2 N–H and O–H groups in total. The van der Waals surface area contributed by atoms with E-state index in [-0.39, 0.29) is 6.61 Å². The van der Waals surface area contributed by atoms with Crippen LogP contribution in [0.3, 0.4) is 0 Å². The maximum absolute atomic E-state index is 9.31. The largest absolute Gasteiger partial charge is 0.394 e. The number of aliphatic hydroxyl groups is 2. The van der Waals surface area contributed by atoms with Crippen LogP contribution in [-0.2, 0) is 0 Å². The second kappa shape index (κ2) is 7.20. The van der Waals surface area contributed by atoms with Gasteiger partial charge in [-0.1, -0.05) is 44.1 Å². The number of hydrogen-bond acceptors (Lipinski definition) is 2. The minimum Gasteiger partial charge on any atom is -0.394 e. The predicted molar refractivity (Wildman–Crippen MR) is 68.7 cm³/mol. The van der Waals surface area contributed by atoms with Crippen LogP contribution in [0, 0.1) is 0 Å². The highest BCUT2D eigenvalue weighted by atomic mass is 28.3. The molecule has 0 aliphatic rings. The summed E-state index contributed by atoms with van der Waals surface area (Å²) >= 11 is 0. The summed E-state index contributed by atoms with van der Waals surface area (Å²) in [5, 5.41) is 19.4. The van der Waals surface area contributed by atoms with Gasteiger partial charge in [0.2, 0.25) is 0 Å². The van der Waals surface area contributed by atoms with Crippen LogP contribution in [0.15, 0.2) is 11.8 Å². The first-order valence-corrected chi connectivity index (χ1v) is 8.65. The topological polar surface area (TPSA) is 40.5 Å². The lowest BCUT2D eigenvalue weighted by Crippen LogP contribution is -2.34. The van der Waals surface area contributed by atoms with Crippen molar-refractivity contribution in [3.05, 3.63) is 11.8 Å². The first kappa shape index (κ1) is 14.9. The lowest BCUT2D eigenvalue weighted by molar-refractivity contribution is 0.0888. The minimum absolute atomic E-state index is 0.133. The summed E-state index contributed by atoms with van der Waals surface area (Å²) < 4.78 is 0. The Labute approximate surface area is 95.0 Å². The number of hydrogen-bond donors (Lipinski definition) is 2. The van der Waals surface area contributed by atoms with E-state index in [1.165, 1.54) is 23.3 Å². The highest BCUT2D eigenvalue weighted by Gasteiger charge is 2.29. The van der Waals surface area contributed by atoms with Gasteiger partial charge >= 0.3 is 0 Å². The van der Waals surface area contributed by atoms with Gasteiger partial charge in [0.15, 0.2) is 0 Å². The van der Waals surface area contributed by atoms with Gasteiger partial charge in [-0.15, -0.1) is 6.58 Å². The van der Waals surface area contributed by atoms with Crippen molar-refractivity contribution < 1.29 is 10.2 Å². The van der Waals surface area contributed by atoms with Crippen molar-refractivity contribution in [2.75, 3.05) is 6.61 Å². The first-order chi connectivity index (χ1) is 7.06. The molecular formula is C12H26O2Si. The number of rotatable bonds is 8. The van der Waals surface area contributed by atoms with Crippen LogP contribution in [0.1, 0.15) is 33.6 Å². The van der Waals surface area contributed by atoms with Crippen LogP contribution in [0.4, 0.5) is 0 Å². The third kappa shape index (κ3) is 4.09. The van der Waals surface area contributed by atoms with Crippen LogP contribution in [-0.4, -0.2) is 31.0 Å². The average Bonchev–Trinajstić information content (AvgIpc) is 2.28. The summed E-state index contributed by atoms with van der Waals surface area (Å²) in [5.41, 5.74) is 0. The number of allylic oxidation sites excluding steroid dienone is 1. The third-order valence-corrected chi connectivity index (χ3v) is 9.58. The van der Waals surface area contributed by atoms with E-state index in [9.17, 15) is 5.11 Å². The van der Waals surface area contributed by atoms with Crippen LogP contribution in [0.5, 0.6) is 0 Å². The van der Waals surface area contributed by atoms with Gasteiger partial charge in [0.1, 0.15) is 0 Å². The van der Waals surface area contributed by atoms with Crippen molar-refractivity contribution in [3.63, 3.8) is 0 Å². The molecule has 0 saturated heterocycles. The molecule has 2 nitrogen and oxygen atoms in total. The Hall–Kier alpha value is -0.123. The van der Waals surface area contributed by atoms with Gasteiger partial charge in [0.25, 0.3) is 0 Å². The van der Waals surface area contributed by atoms with E-state index in [0.717, 1.165) is 6.42 Å². The SMILES string of the molecule is C=C(CCC(O)CO)[Si](CC)(CC)CC.